The van der Waals surface area contributed by atoms with Crippen molar-refractivity contribution in [1.82, 2.24) is 14.9 Å². The van der Waals surface area contributed by atoms with Gasteiger partial charge in [-0.2, -0.15) is 0 Å². The third-order valence-electron chi connectivity index (χ3n) is 6.48. The highest BCUT2D eigenvalue weighted by Gasteiger charge is 2.41. The molecule has 1 aromatic heterocycles. The van der Waals surface area contributed by atoms with E-state index >= 15 is 0 Å². The maximum atomic E-state index is 14.0. The van der Waals surface area contributed by atoms with Crippen molar-refractivity contribution in [2.24, 2.45) is 5.73 Å². The Balaban J connectivity index is 1.61. The minimum Gasteiger partial charge on any atom is -0.461 e. The molecule has 0 saturated carbocycles. The Morgan fingerprint density at radius 1 is 1.11 bits per heavy atom. The molecule has 2 amide bonds. The van der Waals surface area contributed by atoms with Crippen molar-refractivity contribution >= 4 is 27.7 Å². The Labute approximate surface area is 221 Å². The quantitative estimate of drug-likeness (QED) is 0.228. The molecule has 3 aromatic rings. The molecule has 1 aliphatic heterocycles. The van der Waals surface area contributed by atoms with Crippen LogP contribution in [0.3, 0.4) is 0 Å². The molecule has 1 saturated heterocycles. The van der Waals surface area contributed by atoms with Crippen LogP contribution in [0.15, 0.2) is 77.4 Å². The lowest BCUT2D eigenvalue weighted by Crippen LogP contribution is -2.55. The number of carbonyl (C=O) groups is 2. The standard InChI is InChI=1S/C27H31N5O5S/c1-38(35,36)31-24(23(19-9-4-2-5-10-19)20-11-6-3-7-12-20)27(34)32-14-8-13-21(32)26(33)30-16-18-15-22(25(28)29)37-17-18/h2-7,9-12,15,17,21,23-24,31H,8,13-14,16H2,1H3,(H3,28,29)(H,30,33). The number of carbonyl (C=O) groups excluding carboxylic acids is 2. The highest BCUT2D eigenvalue weighted by Crippen LogP contribution is 2.31. The first-order chi connectivity index (χ1) is 18.1. The highest BCUT2D eigenvalue weighted by atomic mass is 32.2. The fraction of sp³-hybridized carbons (Fsp3) is 0.296. The summed E-state index contributed by atoms with van der Waals surface area (Å²) in [5, 5.41) is 10.3. The number of hydrogen-bond donors (Lipinski definition) is 4. The van der Waals surface area contributed by atoms with Gasteiger partial charge in [0.2, 0.25) is 21.8 Å². The van der Waals surface area contributed by atoms with Crippen LogP contribution in [0.2, 0.25) is 0 Å². The van der Waals surface area contributed by atoms with E-state index < -0.39 is 33.9 Å². The summed E-state index contributed by atoms with van der Waals surface area (Å²) in [5.74, 6) is -1.44. The van der Waals surface area contributed by atoms with Gasteiger partial charge in [0.25, 0.3) is 0 Å². The summed E-state index contributed by atoms with van der Waals surface area (Å²) in [5.41, 5.74) is 7.60. The molecule has 0 spiro atoms. The second-order valence-electron chi connectivity index (χ2n) is 9.31. The molecular weight excluding hydrogens is 506 g/mol. The number of nitrogen functional groups attached to an aromatic ring is 1. The van der Waals surface area contributed by atoms with E-state index in [4.69, 9.17) is 15.6 Å². The lowest BCUT2D eigenvalue weighted by molar-refractivity contribution is -0.140. The first kappa shape index (κ1) is 27.1. The molecule has 11 heteroatoms. The summed E-state index contributed by atoms with van der Waals surface area (Å²) in [6.45, 7) is 0.463. The van der Waals surface area contributed by atoms with E-state index in [1.54, 1.807) is 6.07 Å². The molecular formula is C27H31N5O5S. The fourth-order valence-corrected chi connectivity index (χ4v) is 5.49. The molecule has 1 aliphatic rings. The van der Waals surface area contributed by atoms with E-state index in [-0.39, 0.29) is 24.0 Å². The average Bonchev–Trinajstić information content (AvgIpc) is 3.57. The second kappa shape index (κ2) is 11.6. The van der Waals surface area contributed by atoms with E-state index in [0.717, 1.165) is 17.4 Å². The summed E-state index contributed by atoms with van der Waals surface area (Å²) < 4.78 is 32.7. The Hall–Kier alpha value is -3.96. The van der Waals surface area contributed by atoms with Crippen LogP contribution in [0.25, 0.3) is 0 Å². The van der Waals surface area contributed by atoms with Crippen molar-refractivity contribution in [1.29, 1.82) is 5.41 Å². The second-order valence-corrected chi connectivity index (χ2v) is 11.1. The van der Waals surface area contributed by atoms with Crippen molar-refractivity contribution in [2.75, 3.05) is 12.8 Å². The Morgan fingerprint density at radius 2 is 1.71 bits per heavy atom. The molecule has 1 fully saturated rings. The van der Waals surface area contributed by atoms with Gasteiger partial charge in [0.1, 0.15) is 12.1 Å². The van der Waals surface area contributed by atoms with Crippen molar-refractivity contribution in [3.63, 3.8) is 0 Å². The Kier molecular flexibility index (Phi) is 8.28. The molecule has 2 heterocycles. The van der Waals surface area contributed by atoms with Crippen LogP contribution < -0.4 is 15.8 Å². The monoisotopic (exact) mass is 537 g/mol. The van der Waals surface area contributed by atoms with Gasteiger partial charge >= 0.3 is 0 Å². The predicted molar refractivity (Wildman–Crippen MR) is 143 cm³/mol. The van der Waals surface area contributed by atoms with Gasteiger partial charge in [0.05, 0.1) is 12.5 Å². The summed E-state index contributed by atoms with van der Waals surface area (Å²) in [4.78, 5) is 28.7. The van der Waals surface area contributed by atoms with Gasteiger partial charge in [0.15, 0.2) is 11.6 Å². The van der Waals surface area contributed by atoms with E-state index in [1.807, 2.05) is 60.7 Å². The van der Waals surface area contributed by atoms with Gasteiger partial charge in [0, 0.05) is 24.6 Å². The van der Waals surface area contributed by atoms with Gasteiger partial charge in [-0.3, -0.25) is 15.0 Å². The van der Waals surface area contributed by atoms with E-state index in [0.29, 0.717) is 24.9 Å². The lowest BCUT2D eigenvalue weighted by atomic mass is 9.84. The molecule has 0 aliphatic carbocycles. The van der Waals surface area contributed by atoms with Crippen LogP contribution in [0.4, 0.5) is 0 Å². The summed E-state index contributed by atoms with van der Waals surface area (Å²) >= 11 is 0. The molecule has 10 nitrogen and oxygen atoms in total. The Bertz CT molecular complexity index is 1350. The number of benzene rings is 2. The fourth-order valence-electron chi connectivity index (χ4n) is 4.79. The number of furan rings is 1. The van der Waals surface area contributed by atoms with E-state index in [1.165, 1.54) is 11.2 Å². The zero-order chi connectivity index (χ0) is 27.3. The molecule has 2 unspecified atom stereocenters. The number of rotatable bonds is 10. The molecule has 0 radical (unpaired) electrons. The molecule has 38 heavy (non-hydrogen) atoms. The zero-order valence-electron chi connectivity index (χ0n) is 21.0. The SMILES string of the molecule is CS(=O)(=O)NC(C(=O)N1CCCC1C(=O)NCc1coc(C(=N)N)c1)C(c1ccccc1)c1ccccc1. The minimum absolute atomic E-state index is 0.135. The number of amidine groups is 1. The van der Waals surface area contributed by atoms with E-state index in [2.05, 4.69) is 10.0 Å². The van der Waals surface area contributed by atoms with Crippen LogP contribution in [-0.2, 0) is 26.2 Å². The third kappa shape index (κ3) is 6.48. The summed E-state index contributed by atoms with van der Waals surface area (Å²) in [6, 6.07) is 18.2. The predicted octanol–water partition coefficient (Wildman–Crippen LogP) is 1.92. The largest absolute Gasteiger partial charge is 0.461 e. The minimum atomic E-state index is -3.78. The average molecular weight is 538 g/mol. The van der Waals surface area contributed by atoms with E-state index in [9.17, 15) is 18.0 Å². The molecule has 2 aromatic carbocycles. The number of hydrogen-bond acceptors (Lipinski definition) is 6. The summed E-state index contributed by atoms with van der Waals surface area (Å²) in [6.07, 6.45) is 3.49. The maximum Gasteiger partial charge on any atom is 0.243 e. The van der Waals surface area contributed by atoms with Gasteiger partial charge in [-0.25, -0.2) is 13.1 Å². The molecule has 4 rings (SSSR count). The van der Waals surface area contributed by atoms with Crippen molar-refractivity contribution in [2.45, 2.75) is 37.4 Å². The Morgan fingerprint density at radius 3 is 2.24 bits per heavy atom. The van der Waals surface area contributed by atoms with Crippen LogP contribution >= 0.6 is 0 Å². The van der Waals surface area contributed by atoms with Crippen LogP contribution in [0.1, 0.15) is 41.2 Å². The highest BCUT2D eigenvalue weighted by molar-refractivity contribution is 7.88. The van der Waals surface area contributed by atoms with Gasteiger partial charge in [-0.1, -0.05) is 60.7 Å². The lowest BCUT2D eigenvalue weighted by Gasteiger charge is -2.33. The van der Waals surface area contributed by atoms with Crippen LogP contribution in [-0.4, -0.2) is 55.9 Å². The van der Waals surface area contributed by atoms with Crippen molar-refractivity contribution in [3.8, 4) is 0 Å². The molecule has 5 N–H and O–H groups in total. The number of likely N-dealkylation sites (tertiary alicyclic amines) is 1. The third-order valence-corrected chi connectivity index (χ3v) is 7.16. The van der Waals surface area contributed by atoms with Crippen molar-refractivity contribution in [3.05, 3.63) is 95.4 Å². The van der Waals surface area contributed by atoms with Gasteiger partial charge in [-0.15, -0.1) is 0 Å². The number of nitrogens with one attached hydrogen (secondary N) is 3. The molecule has 200 valence electrons. The first-order valence-electron chi connectivity index (χ1n) is 12.2. The zero-order valence-corrected chi connectivity index (χ0v) is 21.8. The normalized spacial score (nSPS) is 16.4. The number of amides is 2. The van der Waals surface area contributed by atoms with Gasteiger partial charge in [-0.05, 0) is 30.0 Å². The number of sulfonamides is 1. The summed E-state index contributed by atoms with van der Waals surface area (Å²) in [7, 11) is -3.78. The first-order valence-corrected chi connectivity index (χ1v) is 14.1. The number of nitrogens with two attached hydrogens (primary N) is 1. The smallest absolute Gasteiger partial charge is 0.243 e. The molecule has 2 atom stereocenters. The number of nitrogens with zero attached hydrogens (tertiary/aromatic N) is 1. The van der Waals surface area contributed by atoms with Crippen LogP contribution in [0.5, 0.6) is 0 Å². The molecule has 0 bridgehead atoms. The van der Waals surface area contributed by atoms with Crippen LogP contribution in [0, 0.1) is 5.41 Å². The van der Waals surface area contributed by atoms with Gasteiger partial charge < -0.3 is 20.4 Å². The topological polar surface area (TPSA) is 159 Å². The van der Waals surface area contributed by atoms with Crippen molar-refractivity contribution < 1.29 is 22.4 Å². The maximum absolute atomic E-state index is 14.0.